The molecule has 0 aliphatic rings. The van der Waals surface area contributed by atoms with Crippen molar-refractivity contribution in [1.82, 2.24) is 10.7 Å². The Morgan fingerprint density at radius 2 is 1.62 bits per heavy atom. The van der Waals surface area contributed by atoms with Crippen LogP contribution in [0.3, 0.4) is 0 Å². The number of ether oxygens (including phenoxy) is 1. The fourth-order valence-electron chi connectivity index (χ4n) is 1.20. The molecule has 0 spiro atoms. The molecular weight excluding hydrogens is 317 g/mol. The number of hydrogen-bond acceptors (Lipinski definition) is 3. The quantitative estimate of drug-likeness (QED) is 0.165. The molecule has 2 N–H and O–H groups in total. The molecule has 4 nitrogen and oxygen atoms in total. The monoisotopic (exact) mass is 327 g/mol. The van der Waals surface area contributed by atoms with Crippen LogP contribution in [0.5, 0.6) is 0 Å². The SMILES string of the molecule is COCCNC(=S)NN=Cc1c(F)c(F)c(F)c(F)c1F. The van der Waals surface area contributed by atoms with Gasteiger partial charge < -0.3 is 10.1 Å². The lowest BCUT2D eigenvalue weighted by Gasteiger charge is -2.06. The molecule has 0 saturated heterocycles. The molecule has 0 unspecified atom stereocenters. The Hall–Kier alpha value is -1.81. The summed E-state index contributed by atoms with van der Waals surface area (Å²) in [6, 6.07) is 0. The van der Waals surface area contributed by atoms with Crippen LogP contribution >= 0.6 is 12.2 Å². The van der Waals surface area contributed by atoms with Crippen LogP contribution in [0.1, 0.15) is 5.56 Å². The Morgan fingerprint density at radius 3 is 2.14 bits per heavy atom. The van der Waals surface area contributed by atoms with Gasteiger partial charge in [-0.1, -0.05) is 0 Å². The van der Waals surface area contributed by atoms with Gasteiger partial charge >= 0.3 is 0 Å². The van der Waals surface area contributed by atoms with Crippen molar-refractivity contribution >= 4 is 23.5 Å². The minimum Gasteiger partial charge on any atom is -0.383 e. The predicted octanol–water partition coefficient (Wildman–Crippen LogP) is 1.83. The predicted molar refractivity (Wildman–Crippen MR) is 69.4 cm³/mol. The lowest BCUT2D eigenvalue weighted by Crippen LogP contribution is -2.34. The first-order valence-electron chi connectivity index (χ1n) is 5.47. The molecule has 0 aromatic heterocycles. The van der Waals surface area contributed by atoms with E-state index >= 15 is 0 Å². The van der Waals surface area contributed by atoms with Crippen LogP contribution in [0.4, 0.5) is 22.0 Å². The van der Waals surface area contributed by atoms with E-state index in [9.17, 15) is 22.0 Å². The van der Waals surface area contributed by atoms with Gasteiger partial charge in [0.15, 0.2) is 28.4 Å². The van der Waals surface area contributed by atoms with Crippen molar-refractivity contribution in [2.24, 2.45) is 5.10 Å². The Kier molecular flexibility index (Phi) is 6.43. The number of halogens is 5. The zero-order valence-corrected chi connectivity index (χ0v) is 11.5. The van der Waals surface area contributed by atoms with Crippen molar-refractivity contribution in [2.45, 2.75) is 0 Å². The molecule has 0 aliphatic carbocycles. The lowest BCUT2D eigenvalue weighted by molar-refractivity contribution is 0.204. The summed E-state index contributed by atoms with van der Waals surface area (Å²) in [6.07, 6.45) is 0.445. The minimum atomic E-state index is -2.23. The molecule has 0 saturated carbocycles. The molecule has 0 atom stereocenters. The van der Waals surface area contributed by atoms with Crippen molar-refractivity contribution < 1.29 is 26.7 Å². The molecule has 0 aliphatic heterocycles. The molecule has 0 radical (unpaired) electrons. The van der Waals surface area contributed by atoms with E-state index in [-0.39, 0.29) is 5.11 Å². The van der Waals surface area contributed by atoms with E-state index in [1.807, 2.05) is 0 Å². The fraction of sp³-hybridized carbons (Fsp3) is 0.273. The standard InChI is InChI=1S/C11H10F5N3OS/c1-20-3-2-17-11(21)19-18-4-5-6(12)8(14)10(16)9(15)7(5)13/h4H,2-3H2,1H3,(H2,17,19,21). The second kappa shape index (κ2) is 7.84. The molecule has 0 fully saturated rings. The van der Waals surface area contributed by atoms with E-state index in [0.717, 1.165) is 0 Å². The Bertz CT molecular complexity index is 538. The summed E-state index contributed by atoms with van der Waals surface area (Å²) in [5.41, 5.74) is 0.992. The minimum absolute atomic E-state index is 0.00725. The summed E-state index contributed by atoms with van der Waals surface area (Å²) in [6.45, 7) is 0.698. The molecule has 1 aromatic carbocycles. The fourth-order valence-corrected chi connectivity index (χ4v) is 1.35. The van der Waals surface area contributed by atoms with Gasteiger partial charge in [-0.05, 0) is 12.2 Å². The van der Waals surface area contributed by atoms with Crippen molar-refractivity contribution in [3.05, 3.63) is 34.6 Å². The maximum absolute atomic E-state index is 13.3. The first-order chi connectivity index (χ1) is 9.90. The molecule has 21 heavy (non-hydrogen) atoms. The third kappa shape index (κ3) is 4.33. The summed E-state index contributed by atoms with van der Waals surface area (Å²) < 4.78 is 69.9. The second-order valence-corrected chi connectivity index (χ2v) is 4.01. The third-order valence-corrected chi connectivity index (χ3v) is 2.43. The van der Waals surface area contributed by atoms with Gasteiger partial charge in [0.05, 0.1) is 18.4 Å². The maximum Gasteiger partial charge on any atom is 0.200 e. The zero-order chi connectivity index (χ0) is 16.0. The highest BCUT2D eigenvalue weighted by Crippen LogP contribution is 2.21. The molecule has 1 aromatic rings. The number of nitrogens with zero attached hydrogens (tertiary/aromatic N) is 1. The summed E-state index contributed by atoms with van der Waals surface area (Å²) in [7, 11) is 1.47. The number of benzene rings is 1. The first kappa shape index (κ1) is 17.2. The normalized spacial score (nSPS) is 11.0. The number of hydrazone groups is 1. The average Bonchev–Trinajstić information content (AvgIpc) is 2.47. The van der Waals surface area contributed by atoms with Crippen molar-refractivity contribution in [1.29, 1.82) is 0 Å². The van der Waals surface area contributed by atoms with Gasteiger partial charge in [0.25, 0.3) is 0 Å². The van der Waals surface area contributed by atoms with E-state index in [4.69, 9.17) is 17.0 Å². The van der Waals surface area contributed by atoms with E-state index < -0.39 is 34.6 Å². The third-order valence-electron chi connectivity index (χ3n) is 2.20. The van der Waals surface area contributed by atoms with Crippen LogP contribution in [-0.4, -0.2) is 31.6 Å². The van der Waals surface area contributed by atoms with Gasteiger partial charge in [-0.15, -0.1) is 0 Å². The first-order valence-corrected chi connectivity index (χ1v) is 5.88. The van der Waals surface area contributed by atoms with Crippen molar-refractivity contribution in [3.63, 3.8) is 0 Å². The molecule has 10 heteroatoms. The van der Waals surface area contributed by atoms with E-state index in [2.05, 4.69) is 15.8 Å². The molecule has 0 heterocycles. The summed E-state index contributed by atoms with van der Waals surface area (Å²) in [4.78, 5) is 0. The van der Waals surface area contributed by atoms with Crippen LogP contribution in [-0.2, 0) is 4.74 Å². The highest BCUT2D eigenvalue weighted by Gasteiger charge is 2.24. The molecule has 0 amide bonds. The number of thiocarbonyl (C=S) groups is 1. The van der Waals surface area contributed by atoms with Crippen LogP contribution in [0.15, 0.2) is 5.10 Å². The van der Waals surface area contributed by atoms with Crippen LogP contribution in [0.25, 0.3) is 0 Å². The summed E-state index contributed by atoms with van der Waals surface area (Å²) in [5, 5.41) is 5.91. The average molecular weight is 327 g/mol. The number of hydrogen-bond donors (Lipinski definition) is 2. The van der Waals surface area contributed by atoms with Gasteiger partial charge in [0.1, 0.15) is 0 Å². The number of methoxy groups -OCH3 is 1. The lowest BCUT2D eigenvalue weighted by atomic mass is 10.2. The van der Waals surface area contributed by atoms with Gasteiger partial charge in [-0.25, -0.2) is 22.0 Å². The highest BCUT2D eigenvalue weighted by molar-refractivity contribution is 7.80. The Labute approximate surface area is 122 Å². The van der Waals surface area contributed by atoms with Crippen LogP contribution < -0.4 is 10.7 Å². The van der Waals surface area contributed by atoms with E-state index in [1.165, 1.54) is 7.11 Å². The Balaban J connectivity index is 2.80. The molecule has 0 bridgehead atoms. The van der Waals surface area contributed by atoms with Gasteiger partial charge in [-0.2, -0.15) is 5.10 Å². The smallest absolute Gasteiger partial charge is 0.200 e. The summed E-state index contributed by atoms with van der Waals surface area (Å²) >= 11 is 4.73. The largest absolute Gasteiger partial charge is 0.383 e. The number of nitrogens with one attached hydrogen (secondary N) is 2. The van der Waals surface area contributed by atoms with E-state index in [1.54, 1.807) is 0 Å². The molecule has 116 valence electrons. The highest BCUT2D eigenvalue weighted by atomic mass is 32.1. The summed E-state index contributed by atoms with van der Waals surface area (Å²) in [5.74, 6) is -10.3. The van der Waals surface area contributed by atoms with Gasteiger partial charge in [0.2, 0.25) is 5.82 Å². The van der Waals surface area contributed by atoms with Crippen LogP contribution in [0, 0.1) is 29.1 Å². The second-order valence-electron chi connectivity index (χ2n) is 3.60. The number of rotatable bonds is 5. The Morgan fingerprint density at radius 1 is 1.10 bits per heavy atom. The van der Waals surface area contributed by atoms with Gasteiger partial charge in [0, 0.05) is 13.7 Å². The molecule has 1 rings (SSSR count). The van der Waals surface area contributed by atoms with Gasteiger partial charge in [-0.3, -0.25) is 5.43 Å². The van der Waals surface area contributed by atoms with Crippen molar-refractivity contribution in [3.8, 4) is 0 Å². The van der Waals surface area contributed by atoms with Crippen molar-refractivity contribution in [2.75, 3.05) is 20.3 Å². The molecular formula is C11H10F5N3OS. The van der Waals surface area contributed by atoms with E-state index in [0.29, 0.717) is 19.4 Å². The topological polar surface area (TPSA) is 45.6 Å². The zero-order valence-electron chi connectivity index (χ0n) is 10.6. The van der Waals surface area contributed by atoms with Crippen LogP contribution in [0.2, 0.25) is 0 Å². The maximum atomic E-state index is 13.3.